The second kappa shape index (κ2) is 6.42. The molecule has 1 rings (SSSR count). The van der Waals surface area contributed by atoms with Crippen molar-refractivity contribution in [3.63, 3.8) is 0 Å². The number of benzene rings is 1. The molecule has 0 saturated carbocycles. The van der Waals surface area contributed by atoms with Crippen molar-refractivity contribution in [3.8, 4) is 0 Å². The van der Waals surface area contributed by atoms with Gasteiger partial charge in [0.15, 0.2) is 0 Å². The average molecular weight is 295 g/mol. The number of nitrogens with one attached hydrogen (secondary N) is 1. The first-order valence-corrected chi connectivity index (χ1v) is 5.56. The number of hydrogen-bond donors (Lipinski definition) is 1. The summed E-state index contributed by atoms with van der Waals surface area (Å²) in [5, 5.41) is 3.04. The number of hydrazone groups is 1. The molecule has 0 aliphatic carbocycles. The van der Waals surface area contributed by atoms with E-state index in [1.807, 2.05) is 0 Å². The van der Waals surface area contributed by atoms with Crippen molar-refractivity contribution in [1.29, 1.82) is 0 Å². The fraction of sp³-hybridized carbons (Fsp3) is 0.273. The monoisotopic (exact) mass is 294 g/mol. The van der Waals surface area contributed by atoms with Crippen LogP contribution >= 0.6 is 11.6 Å². The molecule has 4 nitrogen and oxygen atoms in total. The van der Waals surface area contributed by atoms with E-state index < -0.39 is 22.9 Å². The van der Waals surface area contributed by atoms with Crippen molar-refractivity contribution in [3.05, 3.63) is 29.8 Å². The number of esters is 1. The average Bonchev–Trinajstić information content (AvgIpc) is 2.35. The third-order valence-electron chi connectivity index (χ3n) is 1.94. The lowest BCUT2D eigenvalue weighted by Gasteiger charge is -2.07. The Morgan fingerprint density at radius 1 is 1.37 bits per heavy atom. The fourth-order valence-electron chi connectivity index (χ4n) is 1.08. The van der Waals surface area contributed by atoms with Gasteiger partial charge in [-0.3, -0.25) is 5.43 Å². The van der Waals surface area contributed by atoms with Gasteiger partial charge < -0.3 is 4.74 Å². The predicted molar refractivity (Wildman–Crippen MR) is 65.0 cm³/mol. The van der Waals surface area contributed by atoms with Crippen LogP contribution in [0.15, 0.2) is 29.4 Å². The molecule has 1 N–H and O–H groups in total. The topological polar surface area (TPSA) is 50.7 Å². The molecule has 0 spiro atoms. The zero-order valence-corrected chi connectivity index (χ0v) is 10.5. The highest BCUT2D eigenvalue weighted by atomic mass is 35.5. The number of rotatable bonds is 4. The van der Waals surface area contributed by atoms with Crippen molar-refractivity contribution < 1.29 is 22.7 Å². The van der Waals surface area contributed by atoms with Crippen molar-refractivity contribution in [1.82, 2.24) is 0 Å². The molecule has 0 amide bonds. The summed E-state index contributed by atoms with van der Waals surface area (Å²) >= 11 is 5.50. The van der Waals surface area contributed by atoms with E-state index in [9.17, 15) is 18.0 Å². The van der Waals surface area contributed by atoms with E-state index in [1.54, 1.807) is 6.92 Å². The van der Waals surface area contributed by atoms with Crippen LogP contribution in [-0.4, -0.2) is 17.7 Å². The Morgan fingerprint density at radius 2 is 1.95 bits per heavy atom. The van der Waals surface area contributed by atoms with Gasteiger partial charge in [-0.1, -0.05) is 11.6 Å². The summed E-state index contributed by atoms with van der Waals surface area (Å²) in [5.74, 6) is -0.816. The molecule has 0 aliphatic heterocycles. The Labute approximate surface area is 112 Å². The molecular formula is C11H10ClF3N2O2. The number of anilines is 1. The predicted octanol–water partition coefficient (Wildman–Crippen LogP) is 3.23. The minimum Gasteiger partial charge on any atom is -0.461 e. The van der Waals surface area contributed by atoms with Gasteiger partial charge in [-0.05, 0) is 31.2 Å². The molecule has 0 aromatic heterocycles. The molecule has 0 heterocycles. The van der Waals surface area contributed by atoms with Crippen molar-refractivity contribution >= 4 is 28.4 Å². The van der Waals surface area contributed by atoms with Crippen LogP contribution in [0.25, 0.3) is 0 Å². The van der Waals surface area contributed by atoms with E-state index >= 15 is 0 Å². The van der Waals surface area contributed by atoms with Gasteiger partial charge in [-0.15, -0.1) is 0 Å². The number of carbonyl (C=O) groups is 1. The van der Waals surface area contributed by atoms with Gasteiger partial charge in [0, 0.05) is 0 Å². The third-order valence-corrected chi connectivity index (χ3v) is 2.18. The first kappa shape index (κ1) is 15.3. The summed E-state index contributed by atoms with van der Waals surface area (Å²) < 4.78 is 41.4. The SMILES string of the molecule is CCOC(=O)/C(Cl)=N\Nc1ccc(C(F)(F)F)cc1. The Bertz CT molecular complexity index is 472. The van der Waals surface area contributed by atoms with E-state index in [0.717, 1.165) is 12.1 Å². The number of halogens is 4. The lowest BCUT2D eigenvalue weighted by Crippen LogP contribution is -2.13. The van der Waals surface area contributed by atoms with Crippen LogP contribution in [0.4, 0.5) is 18.9 Å². The van der Waals surface area contributed by atoms with Crippen molar-refractivity contribution in [2.75, 3.05) is 12.0 Å². The lowest BCUT2D eigenvalue weighted by molar-refractivity contribution is -0.137. The van der Waals surface area contributed by atoms with Crippen molar-refractivity contribution in [2.24, 2.45) is 5.10 Å². The fourth-order valence-corrected chi connectivity index (χ4v) is 1.18. The number of carbonyl (C=O) groups excluding carboxylic acids is 1. The largest absolute Gasteiger partial charge is 0.461 e. The molecule has 1 aromatic rings. The van der Waals surface area contributed by atoms with Gasteiger partial charge in [0.1, 0.15) is 0 Å². The molecule has 0 fully saturated rings. The third kappa shape index (κ3) is 4.78. The minimum atomic E-state index is -4.40. The Hall–Kier alpha value is -1.76. The summed E-state index contributed by atoms with van der Waals surface area (Å²) in [5.41, 5.74) is 1.83. The highest BCUT2D eigenvalue weighted by Crippen LogP contribution is 2.29. The van der Waals surface area contributed by atoms with Gasteiger partial charge >= 0.3 is 12.1 Å². The summed E-state index contributed by atoms with van der Waals surface area (Å²) in [6, 6.07) is 4.11. The quantitative estimate of drug-likeness (QED) is 0.527. The van der Waals surface area contributed by atoms with Crippen LogP contribution in [0, 0.1) is 0 Å². The molecule has 0 aliphatic rings. The van der Waals surface area contributed by atoms with E-state index in [2.05, 4.69) is 15.3 Å². The molecule has 0 atom stereocenters. The van der Waals surface area contributed by atoms with Crippen LogP contribution in [0.2, 0.25) is 0 Å². The second-order valence-corrected chi connectivity index (χ2v) is 3.67. The summed E-state index contributed by atoms with van der Waals surface area (Å²) in [4.78, 5) is 11.1. The zero-order valence-electron chi connectivity index (χ0n) is 9.79. The van der Waals surface area contributed by atoms with E-state index in [4.69, 9.17) is 11.6 Å². The molecule has 104 valence electrons. The smallest absolute Gasteiger partial charge is 0.416 e. The van der Waals surface area contributed by atoms with Gasteiger partial charge in [0.05, 0.1) is 17.9 Å². The summed E-state index contributed by atoms with van der Waals surface area (Å²) in [6.07, 6.45) is -4.40. The molecule has 0 radical (unpaired) electrons. The normalized spacial score (nSPS) is 12.2. The first-order chi connectivity index (χ1) is 8.84. The van der Waals surface area contributed by atoms with Gasteiger partial charge in [0.25, 0.3) is 0 Å². The van der Waals surface area contributed by atoms with Crippen LogP contribution in [-0.2, 0) is 15.7 Å². The Morgan fingerprint density at radius 3 is 2.42 bits per heavy atom. The Balaban J connectivity index is 2.69. The lowest BCUT2D eigenvalue weighted by atomic mass is 10.2. The minimum absolute atomic E-state index is 0.144. The van der Waals surface area contributed by atoms with Crippen molar-refractivity contribution in [2.45, 2.75) is 13.1 Å². The van der Waals surface area contributed by atoms with Gasteiger partial charge in [0.2, 0.25) is 5.17 Å². The van der Waals surface area contributed by atoms with E-state index in [-0.39, 0.29) is 12.3 Å². The zero-order chi connectivity index (χ0) is 14.5. The van der Waals surface area contributed by atoms with Gasteiger partial charge in [-0.2, -0.15) is 18.3 Å². The molecular weight excluding hydrogens is 285 g/mol. The number of hydrogen-bond acceptors (Lipinski definition) is 4. The Kier molecular flexibility index (Phi) is 5.17. The number of alkyl halides is 3. The second-order valence-electron chi connectivity index (χ2n) is 3.31. The van der Waals surface area contributed by atoms with Crippen LogP contribution in [0.5, 0.6) is 0 Å². The van der Waals surface area contributed by atoms with E-state index in [1.165, 1.54) is 12.1 Å². The van der Waals surface area contributed by atoms with Gasteiger partial charge in [-0.25, -0.2) is 4.79 Å². The summed E-state index contributed by atoms with van der Waals surface area (Å²) in [6.45, 7) is 1.75. The summed E-state index contributed by atoms with van der Waals surface area (Å²) in [7, 11) is 0. The first-order valence-electron chi connectivity index (χ1n) is 5.18. The maximum Gasteiger partial charge on any atom is 0.416 e. The van der Waals surface area contributed by atoms with Crippen LogP contribution in [0.3, 0.4) is 0 Å². The molecule has 1 aromatic carbocycles. The number of nitrogens with zero attached hydrogens (tertiary/aromatic N) is 1. The molecule has 8 heteroatoms. The standard InChI is InChI=1S/C11H10ClF3N2O2/c1-2-19-10(18)9(12)17-16-8-5-3-7(4-6-8)11(13,14)15/h3-6,16H,2H2,1H3/b17-9+. The number of ether oxygens (including phenoxy) is 1. The molecule has 0 saturated heterocycles. The maximum atomic E-state index is 12.3. The molecule has 19 heavy (non-hydrogen) atoms. The van der Waals surface area contributed by atoms with E-state index in [0.29, 0.717) is 0 Å². The highest BCUT2D eigenvalue weighted by molar-refractivity contribution is 6.82. The molecule has 0 unspecified atom stereocenters. The van der Waals surface area contributed by atoms with Crippen LogP contribution < -0.4 is 5.43 Å². The molecule has 0 bridgehead atoms. The highest BCUT2D eigenvalue weighted by Gasteiger charge is 2.29. The maximum absolute atomic E-state index is 12.3. The van der Waals surface area contributed by atoms with Crippen LogP contribution in [0.1, 0.15) is 12.5 Å².